The van der Waals surface area contributed by atoms with Crippen LogP contribution in [0.4, 0.5) is 0 Å². The molecule has 0 saturated carbocycles. The summed E-state index contributed by atoms with van der Waals surface area (Å²) in [6, 6.07) is 10.5. The summed E-state index contributed by atoms with van der Waals surface area (Å²) in [4.78, 5) is 17.2. The Balaban J connectivity index is 1.73. The van der Waals surface area contributed by atoms with Crippen LogP contribution in [-0.4, -0.2) is 68.3 Å². The van der Waals surface area contributed by atoms with Crippen molar-refractivity contribution in [3.63, 3.8) is 0 Å². The van der Waals surface area contributed by atoms with E-state index in [-0.39, 0.29) is 18.1 Å². The van der Waals surface area contributed by atoms with Gasteiger partial charge in [-0.25, -0.2) is 0 Å². The molecule has 3 atom stereocenters. The highest BCUT2D eigenvalue weighted by Crippen LogP contribution is 2.34. The second-order valence-corrected chi connectivity index (χ2v) is 6.75. The standard InChI is InChI=1S/C19H28N2O3/c1-15(16-6-4-3-5-7-16)21-9-8-17(18(21)19(22)23-2)14-20-10-12-24-13-11-20/h3-7,15,17-18H,8-14H2,1-2H3. The number of hydrogen-bond acceptors (Lipinski definition) is 5. The number of morpholine rings is 1. The van der Waals surface area contributed by atoms with E-state index in [1.165, 1.54) is 12.7 Å². The molecule has 2 fully saturated rings. The van der Waals surface area contributed by atoms with Gasteiger partial charge in [-0.05, 0) is 31.4 Å². The van der Waals surface area contributed by atoms with Crippen LogP contribution in [0.15, 0.2) is 30.3 Å². The summed E-state index contributed by atoms with van der Waals surface area (Å²) < 4.78 is 10.6. The Morgan fingerprint density at radius 2 is 1.96 bits per heavy atom. The summed E-state index contributed by atoms with van der Waals surface area (Å²) in [5.74, 6) is 0.218. The Bertz CT molecular complexity index is 531. The number of likely N-dealkylation sites (tertiary alicyclic amines) is 1. The summed E-state index contributed by atoms with van der Waals surface area (Å²) in [7, 11) is 1.50. The topological polar surface area (TPSA) is 42.0 Å². The Morgan fingerprint density at radius 1 is 1.25 bits per heavy atom. The number of carbonyl (C=O) groups is 1. The van der Waals surface area contributed by atoms with Crippen molar-refractivity contribution in [3.8, 4) is 0 Å². The van der Waals surface area contributed by atoms with E-state index >= 15 is 0 Å². The van der Waals surface area contributed by atoms with E-state index in [1.807, 2.05) is 6.07 Å². The van der Waals surface area contributed by atoms with Crippen LogP contribution in [0.25, 0.3) is 0 Å². The molecule has 5 heteroatoms. The molecule has 3 rings (SSSR count). The molecule has 2 saturated heterocycles. The highest BCUT2D eigenvalue weighted by molar-refractivity contribution is 5.76. The molecule has 1 aromatic carbocycles. The highest BCUT2D eigenvalue weighted by atomic mass is 16.5. The maximum atomic E-state index is 12.5. The maximum absolute atomic E-state index is 12.5. The highest BCUT2D eigenvalue weighted by Gasteiger charge is 2.43. The van der Waals surface area contributed by atoms with Crippen LogP contribution in [0.1, 0.15) is 24.9 Å². The molecule has 0 aliphatic carbocycles. The third-order valence-corrected chi connectivity index (χ3v) is 5.38. The fraction of sp³-hybridized carbons (Fsp3) is 0.632. The number of ether oxygens (including phenoxy) is 2. The number of benzene rings is 1. The van der Waals surface area contributed by atoms with Crippen molar-refractivity contribution in [2.75, 3.05) is 46.5 Å². The van der Waals surface area contributed by atoms with E-state index in [4.69, 9.17) is 9.47 Å². The van der Waals surface area contributed by atoms with Crippen molar-refractivity contribution in [3.05, 3.63) is 35.9 Å². The summed E-state index contributed by atoms with van der Waals surface area (Å²) in [6.07, 6.45) is 1.04. The lowest BCUT2D eigenvalue weighted by molar-refractivity contribution is -0.148. The van der Waals surface area contributed by atoms with E-state index in [0.717, 1.165) is 45.8 Å². The van der Waals surface area contributed by atoms with Crippen LogP contribution in [-0.2, 0) is 14.3 Å². The van der Waals surface area contributed by atoms with Gasteiger partial charge in [0.05, 0.1) is 20.3 Å². The first-order valence-electron chi connectivity index (χ1n) is 8.89. The van der Waals surface area contributed by atoms with E-state index in [1.54, 1.807) is 0 Å². The molecule has 2 aliphatic rings. The lowest BCUT2D eigenvalue weighted by atomic mass is 9.98. The Morgan fingerprint density at radius 3 is 2.62 bits per heavy atom. The summed E-state index contributed by atoms with van der Waals surface area (Å²) in [5.41, 5.74) is 1.25. The van der Waals surface area contributed by atoms with Crippen molar-refractivity contribution >= 4 is 5.97 Å². The molecule has 2 aliphatic heterocycles. The number of hydrogen-bond donors (Lipinski definition) is 0. The smallest absolute Gasteiger partial charge is 0.323 e. The molecule has 2 heterocycles. The lowest BCUT2D eigenvalue weighted by Crippen LogP contribution is -2.46. The Kier molecular flexibility index (Phi) is 5.87. The van der Waals surface area contributed by atoms with E-state index < -0.39 is 0 Å². The zero-order valence-electron chi connectivity index (χ0n) is 14.7. The van der Waals surface area contributed by atoms with Gasteiger partial charge >= 0.3 is 5.97 Å². The van der Waals surface area contributed by atoms with Crippen LogP contribution >= 0.6 is 0 Å². The van der Waals surface area contributed by atoms with Gasteiger partial charge in [-0.15, -0.1) is 0 Å². The van der Waals surface area contributed by atoms with Gasteiger partial charge in [0.2, 0.25) is 0 Å². The molecule has 0 radical (unpaired) electrons. The number of esters is 1. The first kappa shape index (κ1) is 17.4. The molecule has 0 spiro atoms. The summed E-state index contributed by atoms with van der Waals surface area (Å²) in [5, 5.41) is 0. The van der Waals surface area contributed by atoms with Crippen LogP contribution < -0.4 is 0 Å². The summed E-state index contributed by atoms with van der Waals surface area (Å²) >= 11 is 0. The number of carbonyl (C=O) groups excluding carboxylic acids is 1. The molecule has 0 bridgehead atoms. The van der Waals surface area contributed by atoms with E-state index in [2.05, 4.69) is 41.0 Å². The van der Waals surface area contributed by atoms with Gasteiger partial charge < -0.3 is 9.47 Å². The predicted octanol–water partition coefficient (Wildman–Crippen LogP) is 1.94. The van der Waals surface area contributed by atoms with Gasteiger partial charge in [0.25, 0.3) is 0 Å². The van der Waals surface area contributed by atoms with Gasteiger partial charge in [-0.2, -0.15) is 0 Å². The first-order chi connectivity index (χ1) is 11.7. The van der Waals surface area contributed by atoms with Gasteiger partial charge in [0, 0.05) is 25.7 Å². The molecular formula is C19H28N2O3. The van der Waals surface area contributed by atoms with Crippen molar-refractivity contribution in [2.24, 2.45) is 5.92 Å². The molecule has 3 unspecified atom stereocenters. The molecule has 0 aromatic heterocycles. The molecular weight excluding hydrogens is 304 g/mol. The predicted molar refractivity (Wildman–Crippen MR) is 92.7 cm³/mol. The van der Waals surface area contributed by atoms with Gasteiger partial charge in [-0.3, -0.25) is 14.6 Å². The fourth-order valence-electron chi connectivity index (χ4n) is 4.00. The Labute approximate surface area is 144 Å². The fourth-order valence-corrected chi connectivity index (χ4v) is 4.00. The quantitative estimate of drug-likeness (QED) is 0.771. The third-order valence-electron chi connectivity index (χ3n) is 5.38. The molecule has 132 valence electrons. The number of methoxy groups -OCH3 is 1. The van der Waals surface area contributed by atoms with Crippen LogP contribution in [0.3, 0.4) is 0 Å². The van der Waals surface area contributed by atoms with Crippen LogP contribution in [0, 0.1) is 5.92 Å². The second kappa shape index (κ2) is 8.10. The zero-order valence-corrected chi connectivity index (χ0v) is 14.7. The molecule has 1 aromatic rings. The second-order valence-electron chi connectivity index (χ2n) is 6.75. The minimum absolute atomic E-state index is 0.103. The summed E-state index contributed by atoms with van der Waals surface area (Å²) in [6.45, 7) is 7.56. The van der Waals surface area contributed by atoms with E-state index in [0.29, 0.717) is 5.92 Å². The van der Waals surface area contributed by atoms with Gasteiger partial charge in [0.15, 0.2) is 0 Å². The molecule has 0 amide bonds. The average molecular weight is 332 g/mol. The average Bonchev–Trinajstić information content (AvgIpc) is 3.05. The third kappa shape index (κ3) is 3.79. The van der Waals surface area contributed by atoms with Gasteiger partial charge in [-0.1, -0.05) is 30.3 Å². The van der Waals surface area contributed by atoms with Crippen molar-refractivity contribution in [1.82, 2.24) is 9.80 Å². The molecule has 0 N–H and O–H groups in total. The van der Waals surface area contributed by atoms with E-state index in [9.17, 15) is 4.79 Å². The molecule has 5 nitrogen and oxygen atoms in total. The Hall–Kier alpha value is -1.43. The first-order valence-corrected chi connectivity index (χ1v) is 8.89. The SMILES string of the molecule is COC(=O)C1C(CN2CCOCC2)CCN1C(C)c1ccccc1. The molecule has 24 heavy (non-hydrogen) atoms. The number of nitrogens with zero attached hydrogens (tertiary/aromatic N) is 2. The van der Waals surface area contributed by atoms with Crippen LogP contribution in [0.2, 0.25) is 0 Å². The largest absolute Gasteiger partial charge is 0.468 e. The van der Waals surface area contributed by atoms with Crippen molar-refractivity contribution < 1.29 is 14.3 Å². The minimum Gasteiger partial charge on any atom is -0.468 e. The van der Waals surface area contributed by atoms with Crippen molar-refractivity contribution in [2.45, 2.75) is 25.4 Å². The monoisotopic (exact) mass is 332 g/mol. The number of rotatable bonds is 5. The lowest BCUT2D eigenvalue weighted by Gasteiger charge is -2.34. The minimum atomic E-state index is -0.159. The van der Waals surface area contributed by atoms with Crippen LogP contribution in [0.5, 0.6) is 0 Å². The maximum Gasteiger partial charge on any atom is 0.323 e. The zero-order chi connectivity index (χ0) is 16.9. The van der Waals surface area contributed by atoms with Gasteiger partial charge in [0.1, 0.15) is 6.04 Å². The van der Waals surface area contributed by atoms with Crippen molar-refractivity contribution in [1.29, 1.82) is 0 Å². The normalized spacial score (nSPS) is 27.1.